The minimum atomic E-state index is -0.245. The highest BCUT2D eigenvalue weighted by Crippen LogP contribution is 2.23. The van der Waals surface area contributed by atoms with Crippen LogP contribution < -0.4 is 4.90 Å². The van der Waals surface area contributed by atoms with E-state index < -0.39 is 0 Å². The van der Waals surface area contributed by atoms with Gasteiger partial charge in [-0.2, -0.15) is 5.10 Å². The van der Waals surface area contributed by atoms with Gasteiger partial charge in [-0.1, -0.05) is 18.2 Å². The van der Waals surface area contributed by atoms with Crippen LogP contribution in [0.2, 0.25) is 0 Å². The van der Waals surface area contributed by atoms with E-state index in [1.54, 1.807) is 23.0 Å². The van der Waals surface area contributed by atoms with Gasteiger partial charge < -0.3 is 14.4 Å². The van der Waals surface area contributed by atoms with Gasteiger partial charge in [0.15, 0.2) is 5.82 Å². The second-order valence-electron chi connectivity index (χ2n) is 7.48. The van der Waals surface area contributed by atoms with E-state index in [0.717, 1.165) is 17.2 Å². The maximum atomic E-state index is 13.4. The molecule has 1 amide bonds. The van der Waals surface area contributed by atoms with Crippen molar-refractivity contribution in [3.63, 3.8) is 0 Å². The van der Waals surface area contributed by atoms with Crippen LogP contribution in [0, 0.1) is 5.82 Å². The highest BCUT2D eigenvalue weighted by molar-refractivity contribution is 5.97. The number of carbonyl (C=O) groups is 1. The van der Waals surface area contributed by atoms with E-state index in [4.69, 9.17) is 0 Å². The lowest BCUT2D eigenvalue weighted by atomic mass is 10.2. The molecule has 1 fully saturated rings. The molecule has 2 aromatic carbocycles. The summed E-state index contributed by atoms with van der Waals surface area (Å²) < 4.78 is 16.9. The average Bonchev–Trinajstić information content (AvgIpc) is 3.50. The van der Waals surface area contributed by atoms with Gasteiger partial charge in [0, 0.05) is 44.3 Å². The molecular formula is C24H22FN5O. The number of hydrogen-bond acceptors (Lipinski definition) is 3. The normalized spacial score (nSPS) is 14.1. The lowest BCUT2D eigenvalue weighted by molar-refractivity contribution is 0.0747. The van der Waals surface area contributed by atoms with Crippen LogP contribution in [-0.2, 0) is 0 Å². The van der Waals surface area contributed by atoms with Gasteiger partial charge in [0.1, 0.15) is 11.4 Å². The fraction of sp³-hybridized carbons (Fsp3) is 0.167. The number of aromatic nitrogens is 3. The summed E-state index contributed by atoms with van der Waals surface area (Å²) in [7, 11) is 0. The third-order valence-electron chi connectivity index (χ3n) is 5.58. The number of piperazine rings is 1. The smallest absolute Gasteiger partial charge is 0.259 e. The predicted molar refractivity (Wildman–Crippen MR) is 117 cm³/mol. The molecule has 0 bridgehead atoms. The summed E-state index contributed by atoms with van der Waals surface area (Å²) >= 11 is 0. The first-order valence-electron chi connectivity index (χ1n) is 10.3. The van der Waals surface area contributed by atoms with E-state index in [9.17, 15) is 9.18 Å². The average molecular weight is 415 g/mol. The van der Waals surface area contributed by atoms with E-state index in [1.165, 1.54) is 12.1 Å². The molecule has 5 rings (SSSR count). The van der Waals surface area contributed by atoms with Crippen LogP contribution in [0.5, 0.6) is 0 Å². The molecule has 0 saturated carbocycles. The van der Waals surface area contributed by atoms with Crippen LogP contribution >= 0.6 is 0 Å². The Morgan fingerprint density at radius 1 is 0.806 bits per heavy atom. The Kier molecular flexibility index (Phi) is 5.00. The van der Waals surface area contributed by atoms with Crippen molar-refractivity contribution in [2.45, 2.75) is 0 Å². The molecule has 0 N–H and O–H groups in total. The Morgan fingerprint density at radius 3 is 2.16 bits per heavy atom. The molecule has 3 heterocycles. The van der Waals surface area contributed by atoms with E-state index in [1.807, 2.05) is 64.3 Å². The number of rotatable bonds is 4. The fourth-order valence-corrected chi connectivity index (χ4v) is 3.97. The SMILES string of the molecule is O=C(c1cnn(-c2ccccc2)c1-n1cccc1)N1CCN(c2ccc(F)cc2)CC1. The topological polar surface area (TPSA) is 46.3 Å². The molecule has 1 aliphatic heterocycles. The van der Waals surface area contributed by atoms with Crippen LogP contribution in [0.25, 0.3) is 11.5 Å². The molecule has 4 aromatic rings. The Hall–Kier alpha value is -3.87. The zero-order valence-corrected chi connectivity index (χ0v) is 16.9. The van der Waals surface area contributed by atoms with Gasteiger partial charge in [0.25, 0.3) is 5.91 Å². The van der Waals surface area contributed by atoms with Gasteiger partial charge in [-0.3, -0.25) is 4.79 Å². The molecule has 0 aliphatic carbocycles. The standard InChI is InChI=1S/C24H22FN5O/c25-19-8-10-20(11-9-19)27-14-16-29(17-15-27)24(31)22-18-26-30(21-6-2-1-3-7-21)23(22)28-12-4-5-13-28/h1-13,18H,14-17H2. The molecule has 0 radical (unpaired) electrons. The highest BCUT2D eigenvalue weighted by Gasteiger charge is 2.27. The minimum absolute atomic E-state index is 0.0374. The quantitative estimate of drug-likeness (QED) is 0.510. The lowest BCUT2D eigenvalue weighted by Gasteiger charge is -2.36. The molecule has 7 heteroatoms. The summed E-state index contributed by atoms with van der Waals surface area (Å²) in [6, 6.07) is 20.1. The molecular weight excluding hydrogens is 393 g/mol. The van der Waals surface area contributed by atoms with Gasteiger partial charge in [-0.15, -0.1) is 0 Å². The van der Waals surface area contributed by atoms with Crippen molar-refractivity contribution < 1.29 is 9.18 Å². The van der Waals surface area contributed by atoms with Gasteiger partial charge in [-0.05, 0) is 48.5 Å². The molecule has 1 saturated heterocycles. The van der Waals surface area contributed by atoms with E-state index >= 15 is 0 Å². The van der Waals surface area contributed by atoms with Crippen molar-refractivity contribution in [2.75, 3.05) is 31.1 Å². The van der Waals surface area contributed by atoms with Crippen molar-refractivity contribution in [2.24, 2.45) is 0 Å². The zero-order valence-electron chi connectivity index (χ0n) is 16.9. The number of anilines is 1. The molecule has 0 spiro atoms. The Balaban J connectivity index is 1.40. The first kappa shape index (κ1) is 19.1. The number of halogens is 1. The van der Waals surface area contributed by atoms with Crippen LogP contribution in [0.4, 0.5) is 10.1 Å². The molecule has 2 aromatic heterocycles. The molecule has 6 nitrogen and oxygen atoms in total. The number of nitrogens with zero attached hydrogens (tertiary/aromatic N) is 5. The van der Waals surface area contributed by atoms with Crippen molar-refractivity contribution in [1.29, 1.82) is 0 Å². The maximum absolute atomic E-state index is 13.4. The predicted octanol–water partition coefficient (Wildman–Crippen LogP) is 3.76. The molecule has 156 valence electrons. The van der Waals surface area contributed by atoms with E-state index in [0.29, 0.717) is 31.7 Å². The van der Waals surface area contributed by atoms with Gasteiger partial charge in [0.05, 0.1) is 11.9 Å². The van der Waals surface area contributed by atoms with Gasteiger partial charge >= 0.3 is 0 Å². The van der Waals surface area contributed by atoms with Crippen molar-refractivity contribution in [3.8, 4) is 11.5 Å². The summed E-state index contributed by atoms with van der Waals surface area (Å²) in [6.45, 7) is 2.59. The fourth-order valence-electron chi connectivity index (χ4n) is 3.97. The number of carbonyl (C=O) groups excluding carboxylic acids is 1. The van der Waals surface area contributed by atoms with Crippen molar-refractivity contribution in [3.05, 3.63) is 96.7 Å². The first-order valence-corrected chi connectivity index (χ1v) is 10.3. The third-order valence-corrected chi connectivity index (χ3v) is 5.58. The summed E-state index contributed by atoms with van der Waals surface area (Å²) in [5, 5.41) is 4.53. The lowest BCUT2D eigenvalue weighted by Crippen LogP contribution is -2.48. The van der Waals surface area contributed by atoms with E-state index in [2.05, 4.69) is 10.00 Å². The van der Waals surface area contributed by atoms with Crippen LogP contribution in [0.1, 0.15) is 10.4 Å². The third kappa shape index (κ3) is 3.70. The number of hydrogen-bond donors (Lipinski definition) is 0. The van der Waals surface area contributed by atoms with Gasteiger partial charge in [-0.25, -0.2) is 9.07 Å². The molecule has 0 atom stereocenters. The Bertz CT molecular complexity index is 1160. The largest absolute Gasteiger partial charge is 0.368 e. The summed E-state index contributed by atoms with van der Waals surface area (Å²) in [4.78, 5) is 17.5. The number of amides is 1. The number of para-hydroxylation sites is 1. The van der Waals surface area contributed by atoms with Crippen LogP contribution in [0.3, 0.4) is 0 Å². The monoisotopic (exact) mass is 415 g/mol. The van der Waals surface area contributed by atoms with Gasteiger partial charge in [0.2, 0.25) is 0 Å². The molecule has 1 aliphatic rings. The Labute approximate surface area is 179 Å². The second-order valence-corrected chi connectivity index (χ2v) is 7.48. The van der Waals surface area contributed by atoms with Crippen LogP contribution in [0.15, 0.2) is 85.3 Å². The van der Waals surface area contributed by atoms with Crippen molar-refractivity contribution in [1.82, 2.24) is 19.2 Å². The summed E-state index contributed by atoms with van der Waals surface area (Å²) in [6.07, 6.45) is 5.48. The van der Waals surface area contributed by atoms with Crippen LogP contribution in [-0.4, -0.2) is 51.3 Å². The number of benzene rings is 2. The zero-order chi connectivity index (χ0) is 21.2. The first-order chi connectivity index (χ1) is 15.2. The Morgan fingerprint density at radius 2 is 1.48 bits per heavy atom. The molecule has 0 unspecified atom stereocenters. The molecule has 31 heavy (non-hydrogen) atoms. The van der Waals surface area contributed by atoms with Crippen molar-refractivity contribution >= 4 is 11.6 Å². The highest BCUT2D eigenvalue weighted by atomic mass is 19.1. The summed E-state index contributed by atoms with van der Waals surface area (Å²) in [5.41, 5.74) is 2.43. The van der Waals surface area contributed by atoms with E-state index in [-0.39, 0.29) is 11.7 Å². The maximum Gasteiger partial charge on any atom is 0.259 e. The minimum Gasteiger partial charge on any atom is -0.368 e. The summed E-state index contributed by atoms with van der Waals surface area (Å²) in [5.74, 6) is 0.442. The second kappa shape index (κ2) is 8.10.